The van der Waals surface area contributed by atoms with Crippen LogP contribution < -0.4 is 0 Å². The highest BCUT2D eigenvalue weighted by molar-refractivity contribution is 6.01. The Balaban J connectivity index is 1.63. The maximum atomic E-state index is 12.5. The molecule has 3 aromatic rings. The summed E-state index contributed by atoms with van der Waals surface area (Å²) < 4.78 is 5.27. The van der Waals surface area contributed by atoms with Gasteiger partial charge in [0.2, 0.25) is 5.78 Å². The molecule has 29 heavy (non-hydrogen) atoms. The van der Waals surface area contributed by atoms with E-state index >= 15 is 0 Å². The number of Topliss-reactive ketones (excluding diaryl/α,β-unsaturated/α-hetero) is 1. The second-order valence-electron chi connectivity index (χ2n) is 8.03. The van der Waals surface area contributed by atoms with E-state index in [1.54, 1.807) is 25.1 Å². The lowest BCUT2D eigenvalue weighted by Gasteiger charge is -2.19. The van der Waals surface area contributed by atoms with Crippen LogP contribution in [0.2, 0.25) is 0 Å². The molecule has 0 fully saturated rings. The molecule has 0 saturated carbocycles. The number of ether oxygens (including phenoxy) is 1. The van der Waals surface area contributed by atoms with Crippen LogP contribution in [0.25, 0.3) is 17.0 Å². The molecule has 0 aliphatic heterocycles. The number of esters is 1. The maximum absolute atomic E-state index is 12.5. The second-order valence-corrected chi connectivity index (χ2v) is 8.03. The van der Waals surface area contributed by atoms with Gasteiger partial charge in [-0.25, -0.2) is 9.78 Å². The van der Waals surface area contributed by atoms with Gasteiger partial charge in [-0.05, 0) is 36.1 Å². The molecular formula is C25H25NO3. The van der Waals surface area contributed by atoms with Crippen molar-refractivity contribution in [3.8, 4) is 0 Å². The lowest BCUT2D eigenvalue weighted by atomic mass is 9.86. The topological polar surface area (TPSA) is 56.3 Å². The van der Waals surface area contributed by atoms with Crippen molar-refractivity contribution in [2.24, 2.45) is 0 Å². The number of benzene rings is 2. The van der Waals surface area contributed by atoms with Crippen molar-refractivity contribution in [3.05, 3.63) is 83.6 Å². The van der Waals surface area contributed by atoms with Crippen LogP contribution in [0, 0.1) is 0 Å². The van der Waals surface area contributed by atoms with E-state index in [1.165, 1.54) is 6.08 Å². The molecule has 0 aliphatic carbocycles. The largest absolute Gasteiger partial charge is 0.451 e. The van der Waals surface area contributed by atoms with E-state index in [1.807, 2.05) is 48.5 Å². The predicted octanol–water partition coefficient (Wildman–Crippen LogP) is 5.36. The van der Waals surface area contributed by atoms with E-state index in [9.17, 15) is 9.59 Å². The highest BCUT2D eigenvalue weighted by Crippen LogP contribution is 2.22. The number of aromatic nitrogens is 1. The fourth-order valence-electron chi connectivity index (χ4n) is 2.96. The van der Waals surface area contributed by atoms with Crippen LogP contribution in [-0.2, 0) is 14.9 Å². The molecule has 0 saturated heterocycles. The van der Waals surface area contributed by atoms with Crippen LogP contribution in [0.15, 0.2) is 66.7 Å². The lowest BCUT2D eigenvalue weighted by Crippen LogP contribution is -2.23. The van der Waals surface area contributed by atoms with Gasteiger partial charge in [0.1, 0.15) is 0 Å². The fourth-order valence-corrected chi connectivity index (χ4v) is 2.96. The molecule has 4 nitrogen and oxygen atoms in total. The first-order valence-corrected chi connectivity index (χ1v) is 9.63. The van der Waals surface area contributed by atoms with Crippen LogP contribution in [0.5, 0.6) is 0 Å². The molecule has 0 N–H and O–H groups in total. The van der Waals surface area contributed by atoms with Crippen LogP contribution in [0.4, 0.5) is 0 Å². The van der Waals surface area contributed by atoms with Gasteiger partial charge in [0, 0.05) is 17.0 Å². The van der Waals surface area contributed by atoms with E-state index < -0.39 is 12.1 Å². The number of pyridine rings is 1. The normalized spacial score (nSPS) is 12.8. The minimum absolute atomic E-state index is 0.0151. The van der Waals surface area contributed by atoms with E-state index in [2.05, 4.69) is 25.8 Å². The van der Waals surface area contributed by atoms with Gasteiger partial charge >= 0.3 is 5.97 Å². The van der Waals surface area contributed by atoms with E-state index in [0.29, 0.717) is 11.3 Å². The molecule has 4 heteroatoms. The number of para-hydroxylation sites is 1. The Kier molecular flexibility index (Phi) is 5.92. The van der Waals surface area contributed by atoms with Crippen LogP contribution in [0.3, 0.4) is 0 Å². The Hall–Kier alpha value is -3.27. The van der Waals surface area contributed by atoms with Crippen molar-refractivity contribution in [3.63, 3.8) is 0 Å². The van der Waals surface area contributed by atoms with Crippen molar-refractivity contribution in [2.45, 2.75) is 39.2 Å². The number of nitrogens with zero attached hydrogens (tertiary/aromatic N) is 1. The number of hydrogen-bond donors (Lipinski definition) is 0. The first-order chi connectivity index (χ1) is 13.7. The SMILES string of the molecule is CC(OC(=O)/C=C/c1ccc2ccccc2n1)C(=O)c1ccc(C(C)(C)C)cc1. The molecule has 1 heterocycles. The van der Waals surface area contributed by atoms with Crippen molar-refractivity contribution >= 4 is 28.7 Å². The number of carbonyl (C=O) groups is 2. The summed E-state index contributed by atoms with van der Waals surface area (Å²) in [6, 6.07) is 19.0. The lowest BCUT2D eigenvalue weighted by molar-refractivity contribution is -0.140. The Morgan fingerprint density at radius 2 is 1.66 bits per heavy atom. The molecule has 148 valence electrons. The van der Waals surface area contributed by atoms with Gasteiger partial charge in [-0.2, -0.15) is 0 Å². The highest BCUT2D eigenvalue weighted by atomic mass is 16.5. The summed E-state index contributed by atoms with van der Waals surface area (Å²) >= 11 is 0. The molecule has 1 atom stereocenters. The monoisotopic (exact) mass is 387 g/mol. The molecule has 1 aromatic heterocycles. The first-order valence-electron chi connectivity index (χ1n) is 9.63. The zero-order valence-corrected chi connectivity index (χ0v) is 17.2. The van der Waals surface area contributed by atoms with Gasteiger partial charge in [0.25, 0.3) is 0 Å². The van der Waals surface area contributed by atoms with Crippen LogP contribution >= 0.6 is 0 Å². The number of fused-ring (bicyclic) bond motifs is 1. The molecular weight excluding hydrogens is 362 g/mol. The smallest absolute Gasteiger partial charge is 0.331 e. The Morgan fingerprint density at radius 1 is 0.966 bits per heavy atom. The second kappa shape index (κ2) is 8.39. The van der Waals surface area contributed by atoms with Crippen molar-refractivity contribution in [1.82, 2.24) is 4.98 Å². The molecule has 0 bridgehead atoms. The molecule has 0 amide bonds. The van der Waals surface area contributed by atoms with Gasteiger partial charge in [0.05, 0.1) is 11.2 Å². The third-order valence-corrected chi connectivity index (χ3v) is 4.71. The minimum Gasteiger partial charge on any atom is -0.451 e. The third kappa shape index (κ3) is 5.17. The summed E-state index contributed by atoms with van der Waals surface area (Å²) in [6.07, 6.45) is 2.02. The van der Waals surface area contributed by atoms with Gasteiger partial charge in [-0.15, -0.1) is 0 Å². The zero-order valence-electron chi connectivity index (χ0n) is 17.2. The standard InChI is InChI=1S/C25H25NO3/c1-17(24(28)19-9-12-20(13-10-19)25(2,3)4)29-23(27)16-15-21-14-11-18-7-5-6-8-22(18)26-21/h5-17H,1-4H3/b16-15+. The van der Waals surface area contributed by atoms with Gasteiger partial charge < -0.3 is 4.74 Å². The van der Waals surface area contributed by atoms with E-state index in [0.717, 1.165) is 16.5 Å². The molecule has 0 aliphatic rings. The van der Waals surface area contributed by atoms with Crippen molar-refractivity contribution < 1.29 is 14.3 Å². The fraction of sp³-hybridized carbons (Fsp3) is 0.240. The van der Waals surface area contributed by atoms with Gasteiger partial charge in [0.15, 0.2) is 6.10 Å². The zero-order chi connectivity index (χ0) is 21.0. The van der Waals surface area contributed by atoms with Crippen molar-refractivity contribution in [1.29, 1.82) is 0 Å². The molecule has 3 rings (SSSR count). The highest BCUT2D eigenvalue weighted by Gasteiger charge is 2.20. The summed E-state index contributed by atoms with van der Waals surface area (Å²) in [7, 11) is 0. The number of hydrogen-bond acceptors (Lipinski definition) is 4. The first kappa shape index (κ1) is 20.5. The van der Waals surface area contributed by atoms with E-state index in [4.69, 9.17) is 4.74 Å². The van der Waals surface area contributed by atoms with Gasteiger partial charge in [-0.1, -0.05) is 69.3 Å². The Labute approximate surface area is 171 Å². The predicted molar refractivity (Wildman–Crippen MR) is 116 cm³/mol. The molecule has 0 radical (unpaired) electrons. The summed E-state index contributed by atoms with van der Waals surface area (Å²) in [5.41, 5.74) is 3.19. The van der Waals surface area contributed by atoms with Gasteiger partial charge in [-0.3, -0.25) is 4.79 Å². The molecule has 1 unspecified atom stereocenters. The molecule has 0 spiro atoms. The average Bonchev–Trinajstić information content (AvgIpc) is 2.71. The summed E-state index contributed by atoms with van der Waals surface area (Å²) in [5.74, 6) is -0.803. The van der Waals surface area contributed by atoms with Crippen LogP contribution in [-0.4, -0.2) is 22.8 Å². The summed E-state index contributed by atoms with van der Waals surface area (Å²) in [5, 5.41) is 1.03. The average molecular weight is 387 g/mol. The Bertz CT molecular complexity index is 1060. The minimum atomic E-state index is -0.864. The van der Waals surface area contributed by atoms with E-state index in [-0.39, 0.29) is 11.2 Å². The number of carbonyl (C=O) groups excluding carboxylic acids is 2. The number of ketones is 1. The summed E-state index contributed by atoms with van der Waals surface area (Å²) in [6.45, 7) is 7.93. The third-order valence-electron chi connectivity index (χ3n) is 4.71. The quantitative estimate of drug-likeness (QED) is 0.336. The molecule has 2 aromatic carbocycles. The van der Waals surface area contributed by atoms with Crippen molar-refractivity contribution in [2.75, 3.05) is 0 Å². The maximum Gasteiger partial charge on any atom is 0.331 e. The Morgan fingerprint density at radius 3 is 2.34 bits per heavy atom. The summed E-state index contributed by atoms with van der Waals surface area (Å²) in [4.78, 5) is 29.1. The van der Waals surface area contributed by atoms with Crippen LogP contribution in [0.1, 0.15) is 49.3 Å². The number of rotatable bonds is 5.